The van der Waals surface area contributed by atoms with Crippen molar-refractivity contribution in [1.82, 2.24) is 9.88 Å². The van der Waals surface area contributed by atoms with Crippen LogP contribution in [0.4, 0.5) is 0 Å². The number of aryl methyl sites for hydroxylation is 1. The predicted octanol–water partition coefficient (Wildman–Crippen LogP) is 2.98. The van der Waals surface area contributed by atoms with Crippen LogP contribution in [0.25, 0.3) is 0 Å². The number of ether oxygens (including phenoxy) is 2. The molecule has 0 bridgehead atoms. The topological polar surface area (TPSA) is 64.8 Å². The minimum atomic E-state index is -0.439. The van der Waals surface area contributed by atoms with Crippen LogP contribution < -0.4 is 4.74 Å². The smallest absolute Gasteiger partial charge is 0.374 e. The number of hydrogen-bond acceptors (Lipinski definition) is 6. The maximum Gasteiger partial charge on any atom is 0.374 e. The van der Waals surface area contributed by atoms with Gasteiger partial charge in [0.2, 0.25) is 5.76 Å². The lowest BCUT2D eigenvalue weighted by Crippen LogP contribution is -2.27. The van der Waals surface area contributed by atoms with Gasteiger partial charge in [0, 0.05) is 31.0 Å². The first-order valence-corrected chi connectivity index (χ1v) is 8.08. The number of pyridine rings is 1. The first-order chi connectivity index (χ1) is 11.6. The summed E-state index contributed by atoms with van der Waals surface area (Å²) >= 11 is 0. The molecule has 0 radical (unpaired) electrons. The lowest BCUT2D eigenvalue weighted by molar-refractivity contribution is 0.0558. The van der Waals surface area contributed by atoms with E-state index in [1.54, 1.807) is 12.4 Å². The van der Waals surface area contributed by atoms with Crippen LogP contribution >= 0.6 is 0 Å². The van der Waals surface area contributed by atoms with Gasteiger partial charge in [-0.2, -0.15) is 0 Å². The van der Waals surface area contributed by atoms with Gasteiger partial charge in [-0.05, 0) is 38.5 Å². The summed E-state index contributed by atoms with van der Waals surface area (Å²) in [5, 5.41) is 0. The van der Waals surface area contributed by atoms with Gasteiger partial charge in [0.25, 0.3) is 0 Å². The molecule has 2 atom stereocenters. The number of rotatable bonds is 5. The average Bonchev–Trinajstić information content (AvgIpc) is 3.21. The summed E-state index contributed by atoms with van der Waals surface area (Å²) in [7, 11) is 1.36. The van der Waals surface area contributed by atoms with Gasteiger partial charge in [-0.25, -0.2) is 4.79 Å². The summed E-state index contributed by atoms with van der Waals surface area (Å²) < 4.78 is 16.5. The van der Waals surface area contributed by atoms with Gasteiger partial charge < -0.3 is 13.9 Å². The van der Waals surface area contributed by atoms with E-state index in [1.807, 2.05) is 25.1 Å². The van der Waals surface area contributed by atoms with Gasteiger partial charge >= 0.3 is 5.97 Å². The Morgan fingerprint density at radius 1 is 1.42 bits per heavy atom. The zero-order chi connectivity index (χ0) is 17.1. The molecule has 3 rings (SSSR count). The van der Waals surface area contributed by atoms with Gasteiger partial charge in [-0.1, -0.05) is 0 Å². The molecule has 0 amide bonds. The molecule has 0 spiro atoms. The Bertz CT molecular complexity index is 698. The summed E-state index contributed by atoms with van der Waals surface area (Å²) in [6.07, 6.45) is 4.55. The van der Waals surface area contributed by atoms with E-state index in [9.17, 15) is 4.79 Å². The van der Waals surface area contributed by atoms with Crippen molar-refractivity contribution in [2.45, 2.75) is 32.4 Å². The first kappa shape index (κ1) is 16.5. The molecular weight excluding hydrogens is 308 g/mol. The van der Waals surface area contributed by atoms with Crippen LogP contribution in [0.5, 0.6) is 5.75 Å². The second kappa shape index (κ2) is 7.05. The molecule has 0 aliphatic carbocycles. The van der Waals surface area contributed by atoms with Gasteiger partial charge in [0.1, 0.15) is 17.6 Å². The highest BCUT2D eigenvalue weighted by Crippen LogP contribution is 2.29. The maximum absolute atomic E-state index is 11.7. The molecule has 1 fully saturated rings. The van der Waals surface area contributed by atoms with Crippen molar-refractivity contribution in [2.24, 2.45) is 0 Å². The van der Waals surface area contributed by atoms with E-state index in [0.717, 1.165) is 36.6 Å². The van der Waals surface area contributed by atoms with E-state index < -0.39 is 5.97 Å². The van der Waals surface area contributed by atoms with Crippen molar-refractivity contribution in [1.29, 1.82) is 0 Å². The quantitative estimate of drug-likeness (QED) is 0.785. The zero-order valence-corrected chi connectivity index (χ0v) is 14.2. The van der Waals surface area contributed by atoms with Crippen LogP contribution in [0, 0.1) is 6.92 Å². The number of nitrogens with zero attached hydrogens (tertiary/aromatic N) is 2. The summed E-state index contributed by atoms with van der Waals surface area (Å²) in [5.74, 6) is 1.46. The molecule has 3 heterocycles. The Balaban J connectivity index is 1.64. The lowest BCUT2D eigenvalue weighted by Gasteiger charge is -2.22. The summed E-state index contributed by atoms with van der Waals surface area (Å²) in [5.41, 5.74) is 0.799. The van der Waals surface area contributed by atoms with Crippen LogP contribution in [0.15, 0.2) is 35.0 Å². The van der Waals surface area contributed by atoms with Gasteiger partial charge in [-0.3, -0.25) is 9.88 Å². The second-order valence-corrected chi connectivity index (χ2v) is 6.03. The monoisotopic (exact) mass is 330 g/mol. The zero-order valence-electron chi connectivity index (χ0n) is 14.2. The third-order valence-corrected chi connectivity index (χ3v) is 4.40. The SMILES string of the molecule is COC(=O)c1oc([C@H](C)N2CC[C@H](Oc3ccncc3)C2)cc1C. The summed E-state index contributed by atoms with van der Waals surface area (Å²) in [4.78, 5) is 18.0. The Labute approximate surface area is 141 Å². The van der Waals surface area contributed by atoms with Crippen LogP contribution in [0.1, 0.15) is 41.3 Å². The Kier molecular flexibility index (Phi) is 4.85. The number of esters is 1. The van der Waals surface area contributed by atoms with E-state index >= 15 is 0 Å². The molecular formula is C18H22N2O4. The standard InChI is InChI=1S/C18H22N2O4/c1-12-10-16(24-17(12)18(21)22-3)13(2)20-9-6-15(11-20)23-14-4-7-19-8-5-14/h4-5,7-8,10,13,15H,6,9,11H2,1-3H3/t13-,15-/m0/s1. The van der Waals surface area contributed by atoms with E-state index in [1.165, 1.54) is 7.11 Å². The minimum Gasteiger partial charge on any atom is -0.489 e. The number of hydrogen-bond donors (Lipinski definition) is 0. The van der Waals surface area contributed by atoms with Crippen molar-refractivity contribution in [3.05, 3.63) is 47.7 Å². The Morgan fingerprint density at radius 3 is 2.88 bits per heavy atom. The third-order valence-electron chi connectivity index (χ3n) is 4.40. The van der Waals surface area contributed by atoms with Crippen molar-refractivity contribution in [3.63, 3.8) is 0 Å². The average molecular weight is 330 g/mol. The Morgan fingerprint density at radius 2 is 2.17 bits per heavy atom. The number of methoxy groups -OCH3 is 1. The normalized spacial score (nSPS) is 19.2. The van der Waals surface area contributed by atoms with E-state index in [2.05, 4.69) is 16.8 Å². The fraction of sp³-hybridized carbons (Fsp3) is 0.444. The molecule has 1 aliphatic heterocycles. The number of aromatic nitrogens is 1. The lowest BCUT2D eigenvalue weighted by atomic mass is 10.2. The van der Waals surface area contributed by atoms with E-state index in [-0.39, 0.29) is 17.9 Å². The van der Waals surface area contributed by atoms with Crippen LogP contribution in [-0.2, 0) is 4.74 Å². The predicted molar refractivity (Wildman–Crippen MR) is 88.0 cm³/mol. The maximum atomic E-state index is 11.7. The number of carbonyl (C=O) groups excluding carboxylic acids is 1. The van der Waals surface area contributed by atoms with Gasteiger partial charge in [0.05, 0.1) is 13.2 Å². The highest BCUT2D eigenvalue weighted by atomic mass is 16.5. The second-order valence-electron chi connectivity index (χ2n) is 6.03. The molecule has 6 heteroatoms. The summed E-state index contributed by atoms with van der Waals surface area (Å²) in [6.45, 7) is 5.67. The number of likely N-dealkylation sites (tertiary alicyclic amines) is 1. The number of furan rings is 1. The van der Waals surface area contributed by atoms with Crippen molar-refractivity contribution >= 4 is 5.97 Å². The fourth-order valence-electron chi connectivity index (χ4n) is 3.00. The molecule has 1 aliphatic rings. The molecule has 2 aromatic rings. The van der Waals surface area contributed by atoms with Crippen LogP contribution in [-0.4, -0.2) is 42.2 Å². The van der Waals surface area contributed by atoms with Gasteiger partial charge in [0.15, 0.2) is 0 Å². The largest absolute Gasteiger partial charge is 0.489 e. The van der Waals surface area contributed by atoms with Gasteiger partial charge in [-0.15, -0.1) is 0 Å². The third kappa shape index (κ3) is 3.43. The Hall–Kier alpha value is -2.34. The molecule has 128 valence electrons. The molecule has 6 nitrogen and oxygen atoms in total. The molecule has 2 aromatic heterocycles. The molecule has 1 saturated heterocycles. The van der Waals surface area contributed by atoms with Crippen molar-refractivity contribution < 1.29 is 18.7 Å². The first-order valence-electron chi connectivity index (χ1n) is 8.08. The van der Waals surface area contributed by atoms with E-state index in [0.29, 0.717) is 0 Å². The molecule has 0 saturated carbocycles. The van der Waals surface area contributed by atoms with Crippen LogP contribution in [0.2, 0.25) is 0 Å². The fourth-order valence-corrected chi connectivity index (χ4v) is 3.00. The van der Waals surface area contributed by atoms with Crippen molar-refractivity contribution in [3.8, 4) is 5.75 Å². The molecule has 0 aromatic carbocycles. The van der Waals surface area contributed by atoms with Crippen molar-refractivity contribution in [2.75, 3.05) is 20.2 Å². The van der Waals surface area contributed by atoms with Crippen LogP contribution in [0.3, 0.4) is 0 Å². The van der Waals surface area contributed by atoms with E-state index in [4.69, 9.17) is 13.9 Å². The minimum absolute atomic E-state index is 0.0770. The highest BCUT2D eigenvalue weighted by Gasteiger charge is 2.30. The molecule has 0 unspecified atom stereocenters. The molecule has 0 N–H and O–H groups in total. The molecule has 24 heavy (non-hydrogen) atoms. The summed E-state index contributed by atoms with van der Waals surface area (Å²) in [6, 6.07) is 5.72. The number of carbonyl (C=O) groups is 1. The highest BCUT2D eigenvalue weighted by molar-refractivity contribution is 5.87.